The maximum atomic E-state index is 12.9. The molecule has 2 aliphatic rings. The molecule has 7 nitrogen and oxygen atoms in total. The fourth-order valence-corrected chi connectivity index (χ4v) is 4.15. The largest absolute Gasteiger partial charge is 0.495 e. The number of carbonyl (C=O) groups excluding carboxylic acids is 2. The van der Waals surface area contributed by atoms with Crippen LogP contribution in [0.5, 0.6) is 5.75 Å². The van der Waals surface area contributed by atoms with Gasteiger partial charge in [-0.1, -0.05) is 11.6 Å². The number of benzene rings is 2. The lowest BCUT2D eigenvalue weighted by molar-refractivity contribution is -0.115. The molecule has 0 unspecified atom stereocenters. The summed E-state index contributed by atoms with van der Waals surface area (Å²) in [5.41, 5.74) is 3.04. The number of halogens is 1. The first-order chi connectivity index (χ1) is 14.4. The predicted molar refractivity (Wildman–Crippen MR) is 119 cm³/mol. The highest BCUT2D eigenvalue weighted by Gasteiger charge is 2.27. The van der Waals surface area contributed by atoms with Crippen LogP contribution in [0.1, 0.15) is 23.2 Å². The minimum absolute atomic E-state index is 0.0114. The number of methoxy groups -OCH3 is 1. The number of nitrogens with one attached hydrogen (secondary N) is 2. The molecule has 158 valence electrons. The zero-order valence-corrected chi connectivity index (χ0v) is 17.8. The molecule has 2 amide bonds. The summed E-state index contributed by atoms with van der Waals surface area (Å²) in [5.74, 6) is 0.570. The number of fused-ring (bicyclic) bond motifs is 1. The van der Waals surface area contributed by atoms with E-state index < -0.39 is 0 Å². The van der Waals surface area contributed by atoms with Gasteiger partial charge in [-0.25, -0.2) is 0 Å². The van der Waals surface area contributed by atoms with Crippen LogP contribution < -0.4 is 25.2 Å². The standard InChI is InChI=1S/C22H25ClN4O3/c1-26-9-8-21(28)25-17-11-14(3-5-18(17)26)22(29)24-16-7-10-27(13-16)19-12-15(23)4-6-20(19)30-2/h3-6,11-12,16H,7-10,13H2,1-2H3,(H,24,29)(H,25,28)/t16-/m1/s1. The monoisotopic (exact) mass is 428 g/mol. The summed E-state index contributed by atoms with van der Waals surface area (Å²) in [5, 5.41) is 6.65. The lowest BCUT2D eigenvalue weighted by Crippen LogP contribution is -2.37. The fourth-order valence-electron chi connectivity index (χ4n) is 3.99. The van der Waals surface area contributed by atoms with Crippen molar-refractivity contribution in [1.82, 2.24) is 5.32 Å². The molecule has 0 saturated carbocycles. The van der Waals surface area contributed by atoms with Gasteiger partial charge >= 0.3 is 0 Å². The molecule has 0 aromatic heterocycles. The van der Waals surface area contributed by atoms with Crippen LogP contribution in [0.3, 0.4) is 0 Å². The minimum Gasteiger partial charge on any atom is -0.495 e. The molecule has 4 rings (SSSR count). The Kier molecular flexibility index (Phi) is 5.72. The first-order valence-electron chi connectivity index (χ1n) is 9.99. The van der Waals surface area contributed by atoms with E-state index in [-0.39, 0.29) is 17.9 Å². The van der Waals surface area contributed by atoms with Gasteiger partial charge in [0.15, 0.2) is 0 Å². The topological polar surface area (TPSA) is 73.9 Å². The third-order valence-corrected chi connectivity index (χ3v) is 5.86. The van der Waals surface area contributed by atoms with Crippen molar-refractivity contribution < 1.29 is 14.3 Å². The third kappa shape index (κ3) is 4.16. The summed E-state index contributed by atoms with van der Waals surface area (Å²) in [7, 11) is 3.58. The molecule has 30 heavy (non-hydrogen) atoms. The van der Waals surface area contributed by atoms with Gasteiger partial charge in [-0.15, -0.1) is 0 Å². The first-order valence-corrected chi connectivity index (χ1v) is 10.4. The summed E-state index contributed by atoms with van der Waals surface area (Å²) < 4.78 is 5.45. The van der Waals surface area contributed by atoms with Gasteiger partial charge in [-0.2, -0.15) is 0 Å². The van der Waals surface area contributed by atoms with Gasteiger partial charge in [-0.3, -0.25) is 9.59 Å². The van der Waals surface area contributed by atoms with Crippen molar-refractivity contribution in [2.24, 2.45) is 0 Å². The van der Waals surface area contributed by atoms with Gasteiger partial charge in [0.2, 0.25) is 5.91 Å². The summed E-state index contributed by atoms with van der Waals surface area (Å²) in [4.78, 5) is 29.0. The molecule has 2 aromatic carbocycles. The Bertz CT molecular complexity index is 981. The third-order valence-electron chi connectivity index (χ3n) is 5.62. The average Bonchev–Trinajstić information content (AvgIpc) is 3.14. The van der Waals surface area contributed by atoms with Crippen molar-refractivity contribution in [3.8, 4) is 5.75 Å². The molecular formula is C22H25ClN4O3. The van der Waals surface area contributed by atoms with E-state index in [2.05, 4.69) is 15.5 Å². The first kappa shape index (κ1) is 20.3. The number of rotatable bonds is 4. The molecule has 0 radical (unpaired) electrons. The van der Waals surface area contributed by atoms with E-state index >= 15 is 0 Å². The van der Waals surface area contributed by atoms with E-state index in [0.717, 1.165) is 30.1 Å². The number of carbonyl (C=O) groups is 2. The highest BCUT2D eigenvalue weighted by Crippen LogP contribution is 2.33. The Morgan fingerprint density at radius 1 is 1.20 bits per heavy atom. The van der Waals surface area contributed by atoms with E-state index in [9.17, 15) is 9.59 Å². The van der Waals surface area contributed by atoms with Crippen LogP contribution in [-0.2, 0) is 4.79 Å². The second-order valence-electron chi connectivity index (χ2n) is 7.67. The number of amides is 2. The molecule has 0 aliphatic carbocycles. The molecule has 1 fully saturated rings. The Hall–Kier alpha value is -2.93. The summed E-state index contributed by atoms with van der Waals surface area (Å²) in [6.45, 7) is 2.12. The van der Waals surface area contributed by atoms with Crippen LogP contribution in [0.2, 0.25) is 5.02 Å². The number of nitrogens with zero attached hydrogens (tertiary/aromatic N) is 2. The second kappa shape index (κ2) is 8.44. The molecule has 2 aliphatic heterocycles. The maximum absolute atomic E-state index is 12.9. The molecule has 0 bridgehead atoms. The van der Waals surface area contributed by atoms with Gasteiger partial charge in [0, 0.05) is 49.7 Å². The summed E-state index contributed by atoms with van der Waals surface area (Å²) >= 11 is 6.16. The normalized spacial score (nSPS) is 18.5. The highest BCUT2D eigenvalue weighted by atomic mass is 35.5. The summed E-state index contributed by atoms with van der Waals surface area (Å²) in [6.07, 6.45) is 1.25. The van der Waals surface area contributed by atoms with E-state index in [1.807, 2.05) is 30.1 Å². The number of hydrogen-bond donors (Lipinski definition) is 2. The molecule has 2 heterocycles. The SMILES string of the molecule is COc1ccc(Cl)cc1N1CC[C@@H](NC(=O)c2ccc3c(c2)NC(=O)CCN3C)C1. The van der Waals surface area contributed by atoms with Crippen molar-refractivity contribution in [2.75, 3.05) is 48.9 Å². The molecule has 2 aromatic rings. The molecule has 0 spiro atoms. The van der Waals surface area contributed by atoms with E-state index in [1.54, 1.807) is 25.3 Å². The minimum atomic E-state index is -0.149. The number of hydrogen-bond acceptors (Lipinski definition) is 5. The maximum Gasteiger partial charge on any atom is 0.251 e. The molecule has 2 N–H and O–H groups in total. The van der Waals surface area contributed by atoms with Crippen LogP contribution >= 0.6 is 11.6 Å². The Labute approximate surface area is 180 Å². The fraction of sp³-hybridized carbons (Fsp3) is 0.364. The Balaban J connectivity index is 1.45. The van der Waals surface area contributed by atoms with Gasteiger partial charge < -0.3 is 25.2 Å². The van der Waals surface area contributed by atoms with Crippen molar-refractivity contribution in [3.05, 3.63) is 47.0 Å². The van der Waals surface area contributed by atoms with Gasteiger partial charge in [-0.05, 0) is 42.8 Å². The highest BCUT2D eigenvalue weighted by molar-refractivity contribution is 6.31. The van der Waals surface area contributed by atoms with Crippen molar-refractivity contribution >= 4 is 40.5 Å². The Morgan fingerprint density at radius 2 is 2.03 bits per heavy atom. The van der Waals surface area contributed by atoms with Gasteiger partial charge in [0.1, 0.15) is 5.75 Å². The molecule has 8 heteroatoms. The van der Waals surface area contributed by atoms with Crippen LogP contribution in [0, 0.1) is 0 Å². The summed E-state index contributed by atoms with van der Waals surface area (Å²) in [6, 6.07) is 11.0. The predicted octanol–water partition coefficient (Wildman–Crippen LogP) is 3.14. The van der Waals surface area contributed by atoms with Crippen LogP contribution in [-0.4, -0.2) is 51.6 Å². The molecule has 1 atom stereocenters. The van der Waals surface area contributed by atoms with Crippen LogP contribution in [0.25, 0.3) is 0 Å². The van der Waals surface area contributed by atoms with E-state index in [1.165, 1.54) is 0 Å². The van der Waals surface area contributed by atoms with Crippen molar-refractivity contribution in [3.63, 3.8) is 0 Å². The lowest BCUT2D eigenvalue weighted by atomic mass is 10.1. The zero-order chi connectivity index (χ0) is 21.3. The number of anilines is 3. The molecule has 1 saturated heterocycles. The van der Waals surface area contributed by atoms with Crippen molar-refractivity contribution in [1.29, 1.82) is 0 Å². The van der Waals surface area contributed by atoms with Gasteiger partial charge in [0.25, 0.3) is 5.91 Å². The van der Waals surface area contributed by atoms with Gasteiger partial charge in [0.05, 0.1) is 24.2 Å². The number of ether oxygens (including phenoxy) is 1. The van der Waals surface area contributed by atoms with E-state index in [0.29, 0.717) is 35.8 Å². The smallest absolute Gasteiger partial charge is 0.251 e. The lowest BCUT2D eigenvalue weighted by Gasteiger charge is -2.22. The van der Waals surface area contributed by atoms with Crippen LogP contribution in [0.15, 0.2) is 36.4 Å². The zero-order valence-electron chi connectivity index (χ0n) is 17.1. The second-order valence-corrected chi connectivity index (χ2v) is 8.11. The Morgan fingerprint density at radius 3 is 2.83 bits per heavy atom. The van der Waals surface area contributed by atoms with Crippen LogP contribution in [0.4, 0.5) is 17.1 Å². The van der Waals surface area contributed by atoms with Crippen molar-refractivity contribution in [2.45, 2.75) is 18.9 Å². The van der Waals surface area contributed by atoms with E-state index in [4.69, 9.17) is 16.3 Å². The molecular weight excluding hydrogens is 404 g/mol. The average molecular weight is 429 g/mol. The quantitative estimate of drug-likeness (QED) is 0.782.